The molecule has 1 aliphatic heterocycles. The van der Waals surface area contributed by atoms with Crippen molar-refractivity contribution in [2.75, 3.05) is 13.1 Å². The van der Waals surface area contributed by atoms with Gasteiger partial charge in [0.2, 0.25) is 0 Å². The van der Waals surface area contributed by atoms with E-state index in [0.29, 0.717) is 0 Å². The van der Waals surface area contributed by atoms with E-state index in [0.717, 1.165) is 5.92 Å². The molecule has 0 atom stereocenters. The molecule has 2 heterocycles. The molecule has 0 saturated carbocycles. The van der Waals surface area contributed by atoms with Crippen LogP contribution in [0.15, 0.2) is 18.5 Å². The van der Waals surface area contributed by atoms with Crippen LogP contribution in [0.25, 0.3) is 0 Å². The smallest absolute Gasteiger partial charge is 0.0302 e. The number of rotatable bonds is 2. The zero-order valence-corrected chi connectivity index (χ0v) is 7.38. The number of nitrogens with zero attached hydrogens (tertiary/aromatic N) is 1. The van der Waals surface area contributed by atoms with Gasteiger partial charge in [-0.05, 0) is 49.5 Å². The molecule has 64 valence electrons. The summed E-state index contributed by atoms with van der Waals surface area (Å²) in [5.74, 6) is 0.841. The van der Waals surface area contributed by atoms with Crippen molar-refractivity contribution in [3.63, 3.8) is 0 Å². The van der Waals surface area contributed by atoms with E-state index in [-0.39, 0.29) is 0 Å². The molecular formula is C10H14N2. The van der Waals surface area contributed by atoms with Crippen molar-refractivity contribution in [2.45, 2.75) is 13.3 Å². The topological polar surface area (TPSA) is 24.9 Å². The number of aryl methyl sites for hydroxylation is 1. The third-order valence-electron chi connectivity index (χ3n) is 2.52. The summed E-state index contributed by atoms with van der Waals surface area (Å²) >= 11 is 0. The van der Waals surface area contributed by atoms with Crippen molar-refractivity contribution < 1.29 is 0 Å². The van der Waals surface area contributed by atoms with Crippen molar-refractivity contribution in [3.8, 4) is 0 Å². The van der Waals surface area contributed by atoms with Gasteiger partial charge in [0.05, 0.1) is 0 Å². The Balaban J connectivity index is 2.06. The number of aromatic nitrogens is 1. The fourth-order valence-corrected chi connectivity index (χ4v) is 1.51. The van der Waals surface area contributed by atoms with E-state index in [1.807, 2.05) is 12.4 Å². The maximum atomic E-state index is 4.14. The van der Waals surface area contributed by atoms with Gasteiger partial charge in [-0.25, -0.2) is 0 Å². The standard InChI is InChI=1S/C10H14N2/c1-8-2-3-11-7-10(8)4-9-5-12-6-9/h2-3,7,9,12H,4-6H2,1H3. The SMILES string of the molecule is Cc1ccncc1CC1CNC1. The molecule has 2 heteroatoms. The van der Waals surface area contributed by atoms with E-state index in [9.17, 15) is 0 Å². The summed E-state index contributed by atoms with van der Waals surface area (Å²) in [6.07, 6.45) is 5.04. The lowest BCUT2D eigenvalue weighted by molar-refractivity contribution is 0.346. The van der Waals surface area contributed by atoms with Crippen molar-refractivity contribution in [1.29, 1.82) is 0 Å². The first-order valence-electron chi connectivity index (χ1n) is 4.46. The van der Waals surface area contributed by atoms with Crippen LogP contribution < -0.4 is 5.32 Å². The predicted octanol–water partition coefficient (Wildman–Crippen LogP) is 1.15. The van der Waals surface area contributed by atoms with Crippen LogP contribution in [0.3, 0.4) is 0 Å². The zero-order valence-electron chi connectivity index (χ0n) is 7.38. The molecule has 0 aliphatic carbocycles. The van der Waals surface area contributed by atoms with Gasteiger partial charge in [-0.1, -0.05) is 0 Å². The van der Waals surface area contributed by atoms with Crippen LogP contribution in [0.5, 0.6) is 0 Å². The Bertz CT molecular complexity index is 266. The normalized spacial score (nSPS) is 17.4. The lowest BCUT2D eigenvalue weighted by atomic mass is 9.93. The molecule has 0 amide bonds. The second-order valence-electron chi connectivity index (χ2n) is 3.53. The number of pyridine rings is 1. The van der Waals surface area contributed by atoms with Gasteiger partial charge in [-0.2, -0.15) is 0 Å². The zero-order chi connectivity index (χ0) is 8.39. The molecule has 12 heavy (non-hydrogen) atoms. The molecule has 1 aliphatic rings. The molecule has 1 N–H and O–H groups in total. The van der Waals surface area contributed by atoms with Crippen LogP contribution in [-0.4, -0.2) is 18.1 Å². The number of hydrogen-bond acceptors (Lipinski definition) is 2. The quantitative estimate of drug-likeness (QED) is 0.705. The minimum atomic E-state index is 0.841. The first-order chi connectivity index (χ1) is 5.86. The first kappa shape index (κ1) is 7.74. The molecule has 2 nitrogen and oxygen atoms in total. The van der Waals surface area contributed by atoms with Crippen LogP contribution in [0.4, 0.5) is 0 Å². The second-order valence-corrected chi connectivity index (χ2v) is 3.53. The van der Waals surface area contributed by atoms with Crippen LogP contribution in [0, 0.1) is 12.8 Å². The van der Waals surface area contributed by atoms with Crippen LogP contribution in [-0.2, 0) is 6.42 Å². The fourth-order valence-electron chi connectivity index (χ4n) is 1.51. The predicted molar refractivity (Wildman–Crippen MR) is 49.0 cm³/mol. The van der Waals surface area contributed by atoms with E-state index < -0.39 is 0 Å². The maximum Gasteiger partial charge on any atom is 0.0302 e. The minimum absolute atomic E-state index is 0.841. The van der Waals surface area contributed by atoms with Gasteiger partial charge in [-0.3, -0.25) is 4.98 Å². The molecule has 0 bridgehead atoms. The summed E-state index contributed by atoms with van der Waals surface area (Å²) < 4.78 is 0. The largest absolute Gasteiger partial charge is 0.316 e. The van der Waals surface area contributed by atoms with Crippen molar-refractivity contribution in [3.05, 3.63) is 29.6 Å². The van der Waals surface area contributed by atoms with Gasteiger partial charge in [0.1, 0.15) is 0 Å². The van der Waals surface area contributed by atoms with E-state index >= 15 is 0 Å². The molecule has 0 aromatic carbocycles. The molecule has 0 radical (unpaired) electrons. The van der Waals surface area contributed by atoms with E-state index in [2.05, 4.69) is 23.3 Å². The van der Waals surface area contributed by atoms with E-state index in [4.69, 9.17) is 0 Å². The molecular weight excluding hydrogens is 148 g/mol. The summed E-state index contributed by atoms with van der Waals surface area (Å²) in [6, 6.07) is 2.08. The van der Waals surface area contributed by atoms with Crippen molar-refractivity contribution in [2.24, 2.45) is 5.92 Å². The van der Waals surface area contributed by atoms with Crippen molar-refractivity contribution >= 4 is 0 Å². The Morgan fingerprint density at radius 3 is 3.00 bits per heavy atom. The average Bonchev–Trinajstić information content (AvgIpc) is 2.00. The number of hydrogen-bond donors (Lipinski definition) is 1. The molecule has 1 aromatic heterocycles. The summed E-state index contributed by atoms with van der Waals surface area (Å²) in [5, 5.41) is 3.28. The average molecular weight is 162 g/mol. The summed E-state index contributed by atoms with van der Waals surface area (Å²) in [4.78, 5) is 4.14. The van der Waals surface area contributed by atoms with Crippen LogP contribution in [0.1, 0.15) is 11.1 Å². The molecule has 2 rings (SSSR count). The van der Waals surface area contributed by atoms with Gasteiger partial charge >= 0.3 is 0 Å². The molecule has 1 fully saturated rings. The van der Waals surface area contributed by atoms with Gasteiger partial charge in [0, 0.05) is 12.4 Å². The molecule has 0 unspecified atom stereocenters. The Morgan fingerprint density at radius 2 is 2.42 bits per heavy atom. The lowest BCUT2D eigenvalue weighted by Crippen LogP contribution is -2.43. The van der Waals surface area contributed by atoms with Gasteiger partial charge in [0.25, 0.3) is 0 Å². The van der Waals surface area contributed by atoms with Gasteiger partial charge in [0.15, 0.2) is 0 Å². The molecule has 1 aromatic rings. The van der Waals surface area contributed by atoms with E-state index in [1.165, 1.54) is 30.6 Å². The molecule has 1 saturated heterocycles. The van der Waals surface area contributed by atoms with Crippen molar-refractivity contribution in [1.82, 2.24) is 10.3 Å². The highest BCUT2D eigenvalue weighted by molar-refractivity contribution is 5.22. The Morgan fingerprint density at radius 1 is 1.58 bits per heavy atom. The second kappa shape index (κ2) is 3.23. The molecule has 0 spiro atoms. The highest BCUT2D eigenvalue weighted by Gasteiger charge is 2.17. The third kappa shape index (κ3) is 1.48. The Kier molecular flexibility index (Phi) is 2.09. The minimum Gasteiger partial charge on any atom is -0.316 e. The van der Waals surface area contributed by atoms with Crippen LogP contribution in [0.2, 0.25) is 0 Å². The monoisotopic (exact) mass is 162 g/mol. The highest BCUT2D eigenvalue weighted by Crippen LogP contribution is 2.14. The lowest BCUT2D eigenvalue weighted by Gasteiger charge is -2.27. The fraction of sp³-hybridized carbons (Fsp3) is 0.500. The summed E-state index contributed by atoms with van der Waals surface area (Å²) in [7, 11) is 0. The number of nitrogens with one attached hydrogen (secondary N) is 1. The van der Waals surface area contributed by atoms with Gasteiger partial charge < -0.3 is 5.32 Å². The third-order valence-corrected chi connectivity index (χ3v) is 2.52. The first-order valence-corrected chi connectivity index (χ1v) is 4.46. The van der Waals surface area contributed by atoms with Gasteiger partial charge in [-0.15, -0.1) is 0 Å². The van der Waals surface area contributed by atoms with E-state index in [1.54, 1.807) is 0 Å². The highest BCUT2D eigenvalue weighted by atomic mass is 14.9. The Hall–Kier alpha value is -0.890. The maximum absolute atomic E-state index is 4.14. The Labute approximate surface area is 73.0 Å². The van der Waals surface area contributed by atoms with Crippen LogP contribution >= 0.6 is 0 Å². The summed E-state index contributed by atoms with van der Waals surface area (Å²) in [6.45, 7) is 4.51. The summed E-state index contributed by atoms with van der Waals surface area (Å²) in [5.41, 5.74) is 2.78.